The summed E-state index contributed by atoms with van der Waals surface area (Å²) in [5.41, 5.74) is 1.88. The van der Waals surface area contributed by atoms with Crippen molar-refractivity contribution in [2.24, 2.45) is 34.5 Å². The van der Waals surface area contributed by atoms with Gasteiger partial charge in [-0.2, -0.15) is 0 Å². The van der Waals surface area contributed by atoms with E-state index in [-0.39, 0.29) is 35.0 Å². The Morgan fingerprint density at radius 1 is 1.10 bits per heavy atom. The molecule has 0 saturated heterocycles. The first-order valence-corrected chi connectivity index (χ1v) is 11.7. The van der Waals surface area contributed by atoms with Gasteiger partial charge >= 0.3 is 11.9 Å². The second kappa shape index (κ2) is 7.42. The van der Waals surface area contributed by atoms with Gasteiger partial charge in [0, 0.05) is 25.7 Å². The summed E-state index contributed by atoms with van der Waals surface area (Å²) in [5.74, 6) is 2.37. The minimum Gasteiger partial charge on any atom is -0.462 e. The molecule has 0 spiro atoms. The summed E-state index contributed by atoms with van der Waals surface area (Å²) >= 11 is 0. The SMILES string of the molecule is CC[C@H]1C[C@H](OC(C)=O)[C@@]2(C)CC[C@H]3[C@@H](CC=C4C[C@@H](OC(C)=O)CC[C@@]43C)[C@H]12. The molecule has 29 heavy (non-hydrogen) atoms. The van der Waals surface area contributed by atoms with Gasteiger partial charge in [0.25, 0.3) is 0 Å². The molecule has 4 aliphatic carbocycles. The first-order valence-electron chi connectivity index (χ1n) is 11.7. The van der Waals surface area contributed by atoms with Crippen molar-refractivity contribution in [3.05, 3.63) is 11.6 Å². The predicted octanol–water partition coefficient (Wildman–Crippen LogP) is 5.45. The van der Waals surface area contributed by atoms with E-state index in [1.54, 1.807) is 6.92 Å². The lowest BCUT2D eigenvalue weighted by Gasteiger charge is -2.58. The summed E-state index contributed by atoms with van der Waals surface area (Å²) in [6, 6.07) is 0. The van der Waals surface area contributed by atoms with Crippen LogP contribution in [0.2, 0.25) is 0 Å². The minimum absolute atomic E-state index is 0.0560. The highest BCUT2D eigenvalue weighted by molar-refractivity contribution is 5.66. The van der Waals surface area contributed by atoms with Crippen LogP contribution in [0.3, 0.4) is 0 Å². The van der Waals surface area contributed by atoms with Crippen molar-refractivity contribution in [3.63, 3.8) is 0 Å². The highest BCUT2D eigenvalue weighted by Crippen LogP contribution is 2.67. The highest BCUT2D eigenvalue weighted by atomic mass is 16.5. The molecular formula is C25H38O4. The van der Waals surface area contributed by atoms with Crippen LogP contribution in [0.5, 0.6) is 0 Å². The molecular weight excluding hydrogens is 364 g/mol. The monoisotopic (exact) mass is 402 g/mol. The van der Waals surface area contributed by atoms with Gasteiger partial charge in [-0.3, -0.25) is 9.59 Å². The van der Waals surface area contributed by atoms with Crippen molar-refractivity contribution in [1.29, 1.82) is 0 Å². The van der Waals surface area contributed by atoms with Gasteiger partial charge < -0.3 is 9.47 Å². The third-order valence-electron chi connectivity index (χ3n) is 9.28. The minimum atomic E-state index is -0.158. The molecule has 3 fully saturated rings. The zero-order valence-electron chi connectivity index (χ0n) is 18.8. The molecule has 0 aromatic carbocycles. The van der Waals surface area contributed by atoms with E-state index < -0.39 is 0 Å². The van der Waals surface area contributed by atoms with E-state index in [1.807, 2.05) is 0 Å². The summed E-state index contributed by atoms with van der Waals surface area (Å²) in [7, 11) is 0. The maximum atomic E-state index is 11.8. The van der Waals surface area contributed by atoms with E-state index in [4.69, 9.17) is 9.47 Å². The number of hydrogen-bond acceptors (Lipinski definition) is 4. The molecule has 4 aliphatic rings. The van der Waals surface area contributed by atoms with Gasteiger partial charge in [0.05, 0.1) is 0 Å². The Balaban J connectivity index is 1.61. The molecule has 3 saturated carbocycles. The third-order valence-corrected chi connectivity index (χ3v) is 9.28. The molecule has 0 unspecified atom stereocenters. The molecule has 0 heterocycles. The first kappa shape index (κ1) is 20.9. The maximum absolute atomic E-state index is 11.8. The van der Waals surface area contributed by atoms with E-state index >= 15 is 0 Å². The summed E-state index contributed by atoms with van der Waals surface area (Å²) in [5, 5.41) is 0. The van der Waals surface area contributed by atoms with Crippen LogP contribution in [0.1, 0.15) is 86.0 Å². The maximum Gasteiger partial charge on any atom is 0.302 e. The van der Waals surface area contributed by atoms with Crippen LogP contribution in [0.4, 0.5) is 0 Å². The van der Waals surface area contributed by atoms with E-state index in [9.17, 15) is 9.59 Å². The number of allylic oxidation sites excluding steroid dienone is 1. The van der Waals surface area contributed by atoms with Gasteiger partial charge in [-0.1, -0.05) is 38.8 Å². The summed E-state index contributed by atoms with van der Waals surface area (Å²) < 4.78 is 11.4. The fraction of sp³-hybridized carbons (Fsp3) is 0.840. The van der Waals surface area contributed by atoms with Gasteiger partial charge in [-0.15, -0.1) is 0 Å². The van der Waals surface area contributed by atoms with Gasteiger partial charge in [0.2, 0.25) is 0 Å². The third kappa shape index (κ3) is 3.35. The molecule has 0 aromatic heterocycles. The Bertz CT molecular complexity index is 712. The molecule has 0 bridgehead atoms. The van der Waals surface area contributed by atoms with Crippen molar-refractivity contribution in [3.8, 4) is 0 Å². The van der Waals surface area contributed by atoms with Crippen LogP contribution in [0, 0.1) is 34.5 Å². The molecule has 4 rings (SSSR count). The largest absolute Gasteiger partial charge is 0.462 e. The van der Waals surface area contributed by atoms with Crippen LogP contribution >= 0.6 is 0 Å². The second-order valence-corrected chi connectivity index (χ2v) is 10.7. The normalized spacial score (nSPS) is 46.0. The van der Waals surface area contributed by atoms with Crippen molar-refractivity contribution in [1.82, 2.24) is 0 Å². The molecule has 0 amide bonds. The number of hydrogen-bond donors (Lipinski definition) is 0. The Morgan fingerprint density at radius 2 is 1.83 bits per heavy atom. The van der Waals surface area contributed by atoms with E-state index in [0.717, 1.165) is 38.5 Å². The topological polar surface area (TPSA) is 52.6 Å². The first-order chi connectivity index (χ1) is 13.7. The van der Waals surface area contributed by atoms with Crippen LogP contribution in [0.15, 0.2) is 11.6 Å². The molecule has 8 atom stereocenters. The van der Waals surface area contributed by atoms with Crippen molar-refractivity contribution in [2.45, 2.75) is 98.2 Å². The Kier molecular flexibility index (Phi) is 5.36. The highest BCUT2D eigenvalue weighted by Gasteiger charge is 2.62. The lowest BCUT2D eigenvalue weighted by molar-refractivity contribution is -0.157. The fourth-order valence-electron chi connectivity index (χ4n) is 8.00. The van der Waals surface area contributed by atoms with E-state index in [0.29, 0.717) is 23.7 Å². The number of carbonyl (C=O) groups excluding carboxylic acids is 2. The fourth-order valence-corrected chi connectivity index (χ4v) is 8.00. The van der Waals surface area contributed by atoms with Crippen LogP contribution in [-0.2, 0) is 19.1 Å². The van der Waals surface area contributed by atoms with E-state index in [2.05, 4.69) is 26.8 Å². The van der Waals surface area contributed by atoms with Crippen molar-refractivity contribution in [2.75, 3.05) is 0 Å². The summed E-state index contributed by atoms with van der Waals surface area (Å²) in [6.07, 6.45) is 11.3. The van der Waals surface area contributed by atoms with Gasteiger partial charge in [-0.25, -0.2) is 0 Å². The molecule has 4 nitrogen and oxygen atoms in total. The molecule has 0 N–H and O–H groups in total. The van der Waals surface area contributed by atoms with Gasteiger partial charge in [-0.05, 0) is 67.6 Å². The van der Waals surface area contributed by atoms with Crippen LogP contribution in [-0.4, -0.2) is 24.1 Å². The molecule has 0 aromatic rings. The van der Waals surface area contributed by atoms with Crippen molar-refractivity contribution >= 4 is 11.9 Å². The Morgan fingerprint density at radius 3 is 2.48 bits per heavy atom. The smallest absolute Gasteiger partial charge is 0.302 e. The van der Waals surface area contributed by atoms with Crippen LogP contribution in [0.25, 0.3) is 0 Å². The van der Waals surface area contributed by atoms with E-state index in [1.165, 1.54) is 25.3 Å². The van der Waals surface area contributed by atoms with Crippen LogP contribution < -0.4 is 0 Å². The lowest BCUT2D eigenvalue weighted by atomic mass is 9.47. The number of carbonyl (C=O) groups is 2. The Labute approximate surface area is 175 Å². The standard InChI is InChI=1S/C25H38O4/c1-6-17-13-22(29-16(3)27)25(5)12-10-21-20(23(17)25)8-7-18-14-19(28-15(2)26)9-11-24(18,21)4/h7,17,19-23H,6,8-14H2,1-5H3/t17-,19-,20+,21-,22-,23-,24-,25+/m0/s1. The quantitative estimate of drug-likeness (QED) is 0.465. The van der Waals surface area contributed by atoms with Crippen molar-refractivity contribution < 1.29 is 19.1 Å². The number of esters is 2. The molecule has 4 heteroatoms. The lowest BCUT2D eigenvalue weighted by Crippen LogP contribution is -2.52. The average Bonchev–Trinajstić information content (AvgIpc) is 2.93. The average molecular weight is 403 g/mol. The summed E-state index contributed by atoms with van der Waals surface area (Å²) in [6.45, 7) is 10.3. The number of fused-ring (bicyclic) bond motifs is 5. The summed E-state index contributed by atoms with van der Waals surface area (Å²) in [4.78, 5) is 23.2. The number of rotatable bonds is 3. The molecule has 0 radical (unpaired) electrons. The predicted molar refractivity (Wildman–Crippen MR) is 112 cm³/mol. The molecule has 0 aliphatic heterocycles. The zero-order chi connectivity index (χ0) is 21.0. The number of ether oxygens (including phenoxy) is 2. The van der Waals surface area contributed by atoms with Gasteiger partial charge in [0.1, 0.15) is 12.2 Å². The second-order valence-electron chi connectivity index (χ2n) is 10.7. The Hall–Kier alpha value is -1.32. The molecule has 162 valence electrons. The van der Waals surface area contributed by atoms with Gasteiger partial charge in [0.15, 0.2) is 0 Å². The zero-order valence-corrected chi connectivity index (χ0v) is 18.8.